The first-order valence-corrected chi connectivity index (χ1v) is 9.40. The second-order valence-electron chi connectivity index (χ2n) is 7.54. The van der Waals surface area contributed by atoms with Crippen LogP contribution >= 0.6 is 0 Å². The van der Waals surface area contributed by atoms with Gasteiger partial charge in [-0.25, -0.2) is 0 Å². The summed E-state index contributed by atoms with van der Waals surface area (Å²) < 4.78 is 0. The van der Waals surface area contributed by atoms with Crippen molar-refractivity contribution in [2.45, 2.75) is 88.5 Å². The number of piperidine rings is 2. The molecule has 0 radical (unpaired) electrons. The molecule has 2 aliphatic carbocycles. The van der Waals surface area contributed by atoms with Gasteiger partial charge in [-0.3, -0.25) is 0 Å². The molecule has 0 amide bonds. The molecule has 6 atom stereocenters. The molecule has 0 aromatic heterocycles. The van der Waals surface area contributed by atoms with E-state index in [1.807, 2.05) is 0 Å². The quantitative estimate of drug-likeness (QED) is 0.611. The standard InChI is InChI=1S/2C9H15NO.Zn/c2*11-8-5-1-3-7-4-2-6-10-9(7)8;/h2*7-9H,1-6H2;/q2*-2;. The van der Waals surface area contributed by atoms with Crippen LogP contribution in [0.25, 0.3) is 10.6 Å². The molecule has 4 nitrogen and oxygen atoms in total. The Morgan fingerprint density at radius 1 is 0.565 bits per heavy atom. The molecule has 0 N–H and O–H groups in total. The van der Waals surface area contributed by atoms with Crippen molar-refractivity contribution in [2.24, 2.45) is 11.8 Å². The van der Waals surface area contributed by atoms with Gasteiger partial charge in [-0.2, -0.15) is 0 Å². The van der Waals surface area contributed by atoms with Crippen LogP contribution in [-0.2, 0) is 19.5 Å². The van der Waals surface area contributed by atoms with Crippen LogP contribution in [0.15, 0.2) is 0 Å². The third kappa shape index (κ3) is 5.22. The molecule has 2 saturated carbocycles. The Kier molecular flexibility index (Phi) is 8.45. The zero-order valence-electron chi connectivity index (χ0n) is 14.4. The van der Waals surface area contributed by atoms with Gasteiger partial charge in [0.1, 0.15) is 0 Å². The van der Waals surface area contributed by atoms with Crippen LogP contribution in [0.3, 0.4) is 0 Å². The topological polar surface area (TPSA) is 74.3 Å². The van der Waals surface area contributed by atoms with E-state index in [0.717, 1.165) is 38.8 Å². The van der Waals surface area contributed by atoms with E-state index >= 15 is 0 Å². The van der Waals surface area contributed by atoms with Crippen LogP contribution in [-0.4, -0.2) is 37.4 Å². The fraction of sp³-hybridized carbons (Fsp3) is 1.00. The largest absolute Gasteiger partial charge is 0.853 e. The monoisotopic (exact) mass is 370 g/mol. The molecular formula is C18H30N2O2Zn-4. The van der Waals surface area contributed by atoms with Crippen molar-refractivity contribution in [1.82, 2.24) is 0 Å². The Morgan fingerprint density at radius 3 is 1.35 bits per heavy atom. The third-order valence-electron chi connectivity index (χ3n) is 6.00. The van der Waals surface area contributed by atoms with E-state index in [4.69, 9.17) is 0 Å². The third-order valence-corrected chi connectivity index (χ3v) is 6.00. The van der Waals surface area contributed by atoms with Gasteiger partial charge in [-0.15, -0.1) is 37.4 Å². The van der Waals surface area contributed by atoms with Gasteiger partial charge in [0, 0.05) is 19.5 Å². The average molecular weight is 372 g/mol. The average Bonchev–Trinajstić information content (AvgIpc) is 2.57. The smallest absolute Gasteiger partial charge is 0 e. The SMILES string of the molecule is [O-]C1CCCC2CCC[N-]C12.[O-]C1CCCC2CCC[N-]C12.[Zn]. The second kappa shape index (κ2) is 9.82. The Hall–Kier alpha value is 0.463. The molecule has 130 valence electrons. The molecule has 4 aliphatic rings. The van der Waals surface area contributed by atoms with Crippen LogP contribution in [0.1, 0.15) is 64.2 Å². The van der Waals surface area contributed by atoms with Crippen molar-refractivity contribution < 1.29 is 29.7 Å². The molecule has 0 aromatic carbocycles. The number of fused-ring (bicyclic) bond motifs is 2. The minimum atomic E-state index is -0.367. The normalized spacial score (nSPS) is 43.0. The van der Waals surface area contributed by atoms with E-state index in [9.17, 15) is 10.2 Å². The Balaban J connectivity index is 0.000000160. The summed E-state index contributed by atoms with van der Waals surface area (Å²) in [5, 5.41) is 31.7. The molecule has 2 heterocycles. The van der Waals surface area contributed by atoms with Crippen molar-refractivity contribution in [3.05, 3.63) is 10.6 Å². The van der Waals surface area contributed by atoms with Gasteiger partial charge in [-0.1, -0.05) is 76.0 Å². The van der Waals surface area contributed by atoms with Crippen LogP contribution in [0.5, 0.6) is 0 Å². The minimum absolute atomic E-state index is 0. The summed E-state index contributed by atoms with van der Waals surface area (Å²) in [6.07, 6.45) is 10.7. The van der Waals surface area contributed by atoms with Crippen molar-refractivity contribution >= 4 is 0 Å². The first kappa shape index (κ1) is 19.8. The summed E-state index contributed by atoms with van der Waals surface area (Å²) >= 11 is 0. The van der Waals surface area contributed by atoms with Crippen LogP contribution in [0.4, 0.5) is 0 Å². The molecule has 4 rings (SSSR count). The molecule has 5 heteroatoms. The first-order valence-electron chi connectivity index (χ1n) is 9.40. The van der Waals surface area contributed by atoms with E-state index in [1.165, 1.54) is 38.5 Å². The van der Waals surface area contributed by atoms with Crippen LogP contribution in [0.2, 0.25) is 0 Å². The molecule has 4 fully saturated rings. The van der Waals surface area contributed by atoms with Crippen molar-refractivity contribution in [3.8, 4) is 0 Å². The summed E-state index contributed by atoms with van der Waals surface area (Å²) in [4.78, 5) is 0. The maximum absolute atomic E-state index is 11.4. The molecule has 0 spiro atoms. The van der Waals surface area contributed by atoms with Gasteiger partial charge in [0.15, 0.2) is 0 Å². The summed E-state index contributed by atoms with van der Waals surface area (Å²) in [6.45, 7) is 1.89. The molecule has 23 heavy (non-hydrogen) atoms. The molecule has 0 aromatic rings. The maximum Gasteiger partial charge on any atom is 0 e. The number of rotatable bonds is 0. The van der Waals surface area contributed by atoms with Crippen LogP contribution in [0, 0.1) is 11.8 Å². The second-order valence-corrected chi connectivity index (χ2v) is 7.54. The number of hydrogen-bond donors (Lipinski definition) is 0. The first-order chi connectivity index (χ1) is 10.8. The summed E-state index contributed by atoms with van der Waals surface area (Å²) in [5.41, 5.74) is 0. The van der Waals surface area contributed by atoms with Crippen LogP contribution < -0.4 is 10.2 Å². The predicted molar refractivity (Wildman–Crippen MR) is 84.8 cm³/mol. The fourth-order valence-electron chi connectivity index (χ4n) is 4.80. The van der Waals surface area contributed by atoms with E-state index in [2.05, 4.69) is 10.6 Å². The maximum atomic E-state index is 11.4. The summed E-state index contributed by atoms with van der Waals surface area (Å²) in [6, 6.07) is 0.384. The summed E-state index contributed by atoms with van der Waals surface area (Å²) in [7, 11) is 0. The van der Waals surface area contributed by atoms with Crippen molar-refractivity contribution in [1.29, 1.82) is 0 Å². The van der Waals surface area contributed by atoms with Gasteiger partial charge in [0.25, 0.3) is 0 Å². The van der Waals surface area contributed by atoms with Gasteiger partial charge in [0.05, 0.1) is 0 Å². The van der Waals surface area contributed by atoms with Crippen molar-refractivity contribution in [2.75, 3.05) is 13.1 Å². The zero-order valence-corrected chi connectivity index (χ0v) is 17.3. The predicted octanol–water partition coefficient (Wildman–Crippen LogP) is 2.10. The number of nitrogens with zero attached hydrogens (tertiary/aromatic N) is 2. The Bertz CT molecular complexity index is 309. The van der Waals surface area contributed by atoms with E-state index < -0.39 is 0 Å². The zero-order chi connectivity index (χ0) is 15.4. The van der Waals surface area contributed by atoms with Gasteiger partial charge in [-0.05, 0) is 0 Å². The van der Waals surface area contributed by atoms with Gasteiger partial charge < -0.3 is 20.8 Å². The molecule has 2 aliphatic heterocycles. The van der Waals surface area contributed by atoms with Gasteiger partial charge >= 0.3 is 0 Å². The Morgan fingerprint density at radius 2 is 0.957 bits per heavy atom. The Labute approximate surface area is 153 Å². The van der Waals surface area contributed by atoms with Gasteiger partial charge in [0.2, 0.25) is 0 Å². The molecule has 2 saturated heterocycles. The van der Waals surface area contributed by atoms with Crippen molar-refractivity contribution in [3.63, 3.8) is 0 Å². The number of hydrogen-bond acceptors (Lipinski definition) is 2. The van der Waals surface area contributed by atoms with E-state index in [0.29, 0.717) is 11.8 Å². The molecular weight excluding hydrogens is 342 g/mol. The van der Waals surface area contributed by atoms with E-state index in [-0.39, 0.29) is 43.8 Å². The minimum Gasteiger partial charge on any atom is -0.853 e. The van der Waals surface area contributed by atoms with E-state index in [1.54, 1.807) is 0 Å². The molecule has 0 bridgehead atoms. The summed E-state index contributed by atoms with van der Waals surface area (Å²) in [5.74, 6) is 1.31. The molecule has 6 unspecified atom stereocenters. The fourth-order valence-corrected chi connectivity index (χ4v) is 4.80.